The van der Waals surface area contributed by atoms with Crippen LogP contribution >= 0.6 is 0 Å². The van der Waals surface area contributed by atoms with Crippen LogP contribution in [0.4, 0.5) is 16.2 Å². The zero-order valence-electron chi connectivity index (χ0n) is 15.6. The maximum atomic E-state index is 12.6. The number of hydrogen-bond acceptors (Lipinski definition) is 5. The van der Waals surface area contributed by atoms with Crippen LogP contribution in [-0.2, 0) is 0 Å². The minimum Gasteiger partial charge on any atom is -0.362 e. The van der Waals surface area contributed by atoms with Crippen molar-refractivity contribution in [3.8, 4) is 0 Å². The Morgan fingerprint density at radius 3 is 2.32 bits per heavy atom. The largest absolute Gasteiger partial charge is 0.362 e. The molecule has 1 aliphatic rings. The molecule has 3 rings (SSSR count). The van der Waals surface area contributed by atoms with E-state index in [4.69, 9.17) is 0 Å². The Bertz CT molecular complexity index is 877. The minimum atomic E-state index is -0.465. The van der Waals surface area contributed by atoms with Gasteiger partial charge in [0.1, 0.15) is 5.69 Å². The van der Waals surface area contributed by atoms with Gasteiger partial charge in [-0.05, 0) is 19.1 Å². The van der Waals surface area contributed by atoms with Gasteiger partial charge in [0.25, 0.3) is 5.69 Å². The van der Waals surface area contributed by atoms with Gasteiger partial charge in [0.15, 0.2) is 5.78 Å². The van der Waals surface area contributed by atoms with E-state index < -0.39 is 4.92 Å². The van der Waals surface area contributed by atoms with Crippen molar-refractivity contribution in [1.82, 2.24) is 10.2 Å². The first kappa shape index (κ1) is 19.3. The second-order valence-electron chi connectivity index (χ2n) is 6.47. The van der Waals surface area contributed by atoms with Crippen LogP contribution in [0.5, 0.6) is 0 Å². The highest BCUT2D eigenvalue weighted by Gasteiger charge is 2.26. The molecule has 2 aromatic rings. The predicted octanol–water partition coefficient (Wildman–Crippen LogP) is 2.68. The van der Waals surface area contributed by atoms with Crippen molar-refractivity contribution in [3.05, 3.63) is 69.8 Å². The highest BCUT2D eigenvalue weighted by Crippen LogP contribution is 2.31. The smallest absolute Gasteiger partial charge is 0.317 e. The number of rotatable bonds is 5. The molecule has 0 spiro atoms. The molecule has 8 heteroatoms. The number of urea groups is 1. The van der Waals surface area contributed by atoms with E-state index in [9.17, 15) is 19.7 Å². The Kier molecular flexibility index (Phi) is 5.88. The van der Waals surface area contributed by atoms with E-state index in [1.165, 1.54) is 6.07 Å². The van der Waals surface area contributed by atoms with Gasteiger partial charge in [0, 0.05) is 49.9 Å². The number of anilines is 1. The molecule has 2 amide bonds. The molecule has 0 unspecified atom stereocenters. The number of nitrogens with zero attached hydrogens (tertiary/aromatic N) is 3. The summed E-state index contributed by atoms with van der Waals surface area (Å²) in [7, 11) is 0. The Morgan fingerprint density at radius 2 is 1.71 bits per heavy atom. The van der Waals surface area contributed by atoms with Crippen molar-refractivity contribution < 1.29 is 14.5 Å². The van der Waals surface area contributed by atoms with Crippen LogP contribution in [-0.4, -0.2) is 54.4 Å². The molecule has 146 valence electrons. The molecule has 0 atom stereocenters. The standard InChI is InChI=1S/C20H22N4O4/c1-2-21-20(26)23-12-10-22(11-13-23)17-9-8-16(14-18(17)24(27)28)19(25)15-6-4-3-5-7-15/h3-9,14H,2,10-13H2,1H3,(H,21,26). The lowest BCUT2D eigenvalue weighted by Crippen LogP contribution is -2.51. The van der Waals surface area contributed by atoms with E-state index in [-0.39, 0.29) is 23.1 Å². The van der Waals surface area contributed by atoms with Crippen LogP contribution in [0.15, 0.2) is 48.5 Å². The summed E-state index contributed by atoms with van der Waals surface area (Å²) in [6.45, 7) is 4.35. The van der Waals surface area contributed by atoms with Crippen LogP contribution in [0.1, 0.15) is 22.8 Å². The molecular formula is C20H22N4O4. The van der Waals surface area contributed by atoms with E-state index in [1.807, 2.05) is 17.9 Å². The number of carbonyl (C=O) groups is 2. The SMILES string of the molecule is CCNC(=O)N1CCN(c2ccc(C(=O)c3ccccc3)cc2[N+](=O)[O-])CC1. The fourth-order valence-corrected chi connectivity index (χ4v) is 3.25. The van der Waals surface area contributed by atoms with Gasteiger partial charge >= 0.3 is 6.03 Å². The van der Waals surface area contributed by atoms with Crippen molar-refractivity contribution in [2.45, 2.75) is 6.92 Å². The lowest BCUT2D eigenvalue weighted by atomic mass is 10.0. The molecule has 0 bridgehead atoms. The summed E-state index contributed by atoms with van der Waals surface area (Å²) in [6, 6.07) is 13.1. The summed E-state index contributed by atoms with van der Waals surface area (Å²) in [5, 5.41) is 14.4. The number of ketones is 1. The van der Waals surface area contributed by atoms with Crippen molar-refractivity contribution in [2.24, 2.45) is 0 Å². The summed E-state index contributed by atoms with van der Waals surface area (Å²) < 4.78 is 0. The van der Waals surface area contributed by atoms with Gasteiger partial charge in [0.2, 0.25) is 0 Å². The Balaban J connectivity index is 1.80. The molecule has 0 saturated carbocycles. The normalized spacial score (nSPS) is 13.9. The summed E-state index contributed by atoms with van der Waals surface area (Å²) in [6.07, 6.45) is 0. The molecule has 0 aliphatic carbocycles. The second kappa shape index (κ2) is 8.51. The van der Waals surface area contributed by atoms with Gasteiger partial charge in [-0.15, -0.1) is 0 Å². The molecule has 0 aromatic heterocycles. The maximum Gasteiger partial charge on any atom is 0.317 e. The van der Waals surface area contributed by atoms with Crippen molar-refractivity contribution in [3.63, 3.8) is 0 Å². The van der Waals surface area contributed by atoms with Gasteiger partial charge in [0.05, 0.1) is 4.92 Å². The number of piperazine rings is 1. The zero-order chi connectivity index (χ0) is 20.1. The topological polar surface area (TPSA) is 95.8 Å². The number of amides is 2. The van der Waals surface area contributed by atoms with Gasteiger partial charge in [-0.3, -0.25) is 14.9 Å². The lowest BCUT2D eigenvalue weighted by molar-refractivity contribution is -0.384. The van der Waals surface area contributed by atoms with Crippen LogP contribution in [0.25, 0.3) is 0 Å². The zero-order valence-corrected chi connectivity index (χ0v) is 15.6. The van der Waals surface area contributed by atoms with Crippen molar-refractivity contribution in [1.29, 1.82) is 0 Å². The van der Waals surface area contributed by atoms with Crippen LogP contribution in [0.3, 0.4) is 0 Å². The third-order valence-electron chi connectivity index (χ3n) is 4.71. The fourth-order valence-electron chi connectivity index (χ4n) is 3.25. The second-order valence-corrected chi connectivity index (χ2v) is 6.47. The van der Waals surface area contributed by atoms with Crippen LogP contribution in [0.2, 0.25) is 0 Å². The van der Waals surface area contributed by atoms with Gasteiger partial charge in [-0.2, -0.15) is 0 Å². The first-order valence-corrected chi connectivity index (χ1v) is 9.17. The predicted molar refractivity (Wildman–Crippen MR) is 106 cm³/mol. The lowest BCUT2D eigenvalue weighted by Gasteiger charge is -2.35. The number of nitro benzene ring substituents is 1. The van der Waals surface area contributed by atoms with Crippen LogP contribution < -0.4 is 10.2 Å². The quantitative estimate of drug-likeness (QED) is 0.487. The number of nitrogens with one attached hydrogen (secondary N) is 1. The highest BCUT2D eigenvalue weighted by atomic mass is 16.6. The van der Waals surface area contributed by atoms with E-state index in [2.05, 4.69) is 5.32 Å². The number of hydrogen-bond donors (Lipinski definition) is 1. The molecule has 28 heavy (non-hydrogen) atoms. The van der Waals surface area contributed by atoms with Gasteiger partial charge in [-0.25, -0.2) is 4.79 Å². The van der Waals surface area contributed by atoms with E-state index in [1.54, 1.807) is 41.3 Å². The molecule has 2 aromatic carbocycles. The molecular weight excluding hydrogens is 360 g/mol. The molecule has 0 radical (unpaired) electrons. The molecule has 8 nitrogen and oxygen atoms in total. The first-order chi connectivity index (χ1) is 13.5. The van der Waals surface area contributed by atoms with E-state index in [0.29, 0.717) is 44.0 Å². The molecule has 1 N–H and O–H groups in total. The third-order valence-corrected chi connectivity index (χ3v) is 4.71. The average molecular weight is 382 g/mol. The fraction of sp³-hybridized carbons (Fsp3) is 0.300. The van der Waals surface area contributed by atoms with E-state index >= 15 is 0 Å². The minimum absolute atomic E-state index is 0.103. The van der Waals surface area contributed by atoms with Gasteiger partial charge < -0.3 is 15.1 Å². The molecule has 1 fully saturated rings. The Morgan fingerprint density at radius 1 is 1.04 bits per heavy atom. The Labute approximate surface area is 162 Å². The summed E-state index contributed by atoms with van der Waals surface area (Å²) >= 11 is 0. The monoisotopic (exact) mass is 382 g/mol. The maximum absolute atomic E-state index is 12.6. The Hall–Kier alpha value is -3.42. The summed E-state index contributed by atoms with van der Waals surface area (Å²) in [5.74, 6) is -0.253. The van der Waals surface area contributed by atoms with E-state index in [0.717, 1.165) is 0 Å². The molecule has 1 saturated heterocycles. The summed E-state index contributed by atoms with van der Waals surface area (Å²) in [5.41, 5.74) is 1.13. The van der Waals surface area contributed by atoms with Crippen molar-refractivity contribution >= 4 is 23.2 Å². The number of benzene rings is 2. The number of carbonyl (C=O) groups excluding carboxylic acids is 2. The van der Waals surface area contributed by atoms with Crippen molar-refractivity contribution in [2.75, 3.05) is 37.6 Å². The summed E-state index contributed by atoms with van der Waals surface area (Å²) in [4.78, 5) is 39.3. The first-order valence-electron chi connectivity index (χ1n) is 9.17. The average Bonchev–Trinajstić information content (AvgIpc) is 2.73. The van der Waals surface area contributed by atoms with Crippen LogP contribution in [0, 0.1) is 10.1 Å². The molecule has 1 aliphatic heterocycles. The van der Waals surface area contributed by atoms with Gasteiger partial charge in [-0.1, -0.05) is 30.3 Å². The number of nitro groups is 1. The third kappa shape index (κ3) is 4.11. The highest BCUT2D eigenvalue weighted by molar-refractivity contribution is 6.09. The molecule has 1 heterocycles.